The molecule has 118 valence electrons. The van der Waals surface area contributed by atoms with Crippen LogP contribution in [0.5, 0.6) is 0 Å². The van der Waals surface area contributed by atoms with Crippen LogP contribution in [0, 0.1) is 5.92 Å². The van der Waals surface area contributed by atoms with Gasteiger partial charge in [0.15, 0.2) is 0 Å². The molecule has 2 rings (SSSR count). The predicted octanol–water partition coefficient (Wildman–Crippen LogP) is 2.21. The molecule has 1 saturated heterocycles. The Labute approximate surface area is 124 Å². The number of piperidine rings is 1. The third-order valence-corrected chi connectivity index (χ3v) is 3.99. The topological polar surface area (TPSA) is 37.3 Å². The average Bonchev–Trinajstić information content (AvgIpc) is 2.92. The van der Waals surface area contributed by atoms with Gasteiger partial charge >= 0.3 is 0 Å². The molecule has 0 atom stereocenters. The van der Waals surface area contributed by atoms with Crippen molar-refractivity contribution in [2.45, 2.75) is 32.7 Å². The number of hydrogen-bond acceptors (Lipinski definition) is 2. The number of hydrogen-bond donors (Lipinski definition) is 1. The van der Waals surface area contributed by atoms with Crippen LogP contribution in [0.4, 0.5) is 8.78 Å². The largest absolute Gasteiger partial charge is 0.338 e. The van der Waals surface area contributed by atoms with Gasteiger partial charge in [-0.2, -0.15) is 0 Å². The van der Waals surface area contributed by atoms with E-state index in [2.05, 4.69) is 5.32 Å². The minimum atomic E-state index is -2.46. The number of alkyl halides is 2. The fourth-order valence-corrected chi connectivity index (χ4v) is 2.81. The third kappa shape index (κ3) is 4.27. The Morgan fingerprint density at radius 3 is 2.81 bits per heavy atom. The van der Waals surface area contributed by atoms with Crippen LogP contribution >= 0.6 is 0 Å². The first kappa shape index (κ1) is 15.9. The number of halogens is 2. The van der Waals surface area contributed by atoms with Crippen LogP contribution in [0.25, 0.3) is 0 Å². The van der Waals surface area contributed by atoms with E-state index < -0.39 is 13.0 Å². The summed E-state index contributed by atoms with van der Waals surface area (Å²) in [6.07, 6.45) is 1.20. The van der Waals surface area contributed by atoms with Crippen LogP contribution in [0.15, 0.2) is 18.3 Å². The van der Waals surface area contributed by atoms with Crippen LogP contribution in [0.1, 0.15) is 30.3 Å². The lowest BCUT2D eigenvalue weighted by atomic mass is 9.97. The minimum Gasteiger partial charge on any atom is -0.338 e. The zero-order valence-electron chi connectivity index (χ0n) is 12.4. The van der Waals surface area contributed by atoms with E-state index in [4.69, 9.17) is 0 Å². The van der Waals surface area contributed by atoms with Gasteiger partial charge in [0.05, 0.1) is 6.54 Å². The fraction of sp³-hybridized carbons (Fsp3) is 0.667. The van der Waals surface area contributed by atoms with Gasteiger partial charge in [0.25, 0.3) is 12.3 Å². The van der Waals surface area contributed by atoms with E-state index in [0.717, 1.165) is 25.9 Å². The number of carbonyl (C=O) groups is 1. The van der Waals surface area contributed by atoms with Crippen LogP contribution < -0.4 is 5.32 Å². The van der Waals surface area contributed by atoms with Crippen LogP contribution in [-0.4, -0.2) is 48.0 Å². The number of nitrogens with zero attached hydrogens (tertiary/aromatic N) is 2. The Morgan fingerprint density at radius 1 is 1.48 bits per heavy atom. The summed E-state index contributed by atoms with van der Waals surface area (Å²) in [6.45, 7) is 4.77. The summed E-state index contributed by atoms with van der Waals surface area (Å²) in [4.78, 5) is 14.3. The monoisotopic (exact) mass is 299 g/mol. The van der Waals surface area contributed by atoms with E-state index in [0.29, 0.717) is 24.7 Å². The lowest BCUT2D eigenvalue weighted by Gasteiger charge is -2.29. The molecule has 2 heterocycles. The van der Waals surface area contributed by atoms with E-state index in [1.807, 2.05) is 6.92 Å². The second kappa shape index (κ2) is 7.54. The highest BCUT2D eigenvalue weighted by atomic mass is 19.3. The molecule has 4 nitrogen and oxygen atoms in total. The highest BCUT2D eigenvalue weighted by molar-refractivity contribution is 5.92. The predicted molar refractivity (Wildman–Crippen MR) is 77.6 cm³/mol. The summed E-state index contributed by atoms with van der Waals surface area (Å²) < 4.78 is 26.4. The smallest absolute Gasteiger partial charge is 0.270 e. The standard InChI is InChI=1S/C15H23F2N3O/c1-2-19(10-12-5-7-18-8-6-12)15(21)13-4-3-9-20(13)11-14(16)17/h3-4,9,12,14,18H,2,5-8,10-11H2,1H3. The van der Waals surface area contributed by atoms with Crippen LogP contribution in [-0.2, 0) is 6.54 Å². The van der Waals surface area contributed by atoms with Crippen LogP contribution in [0.3, 0.4) is 0 Å². The van der Waals surface area contributed by atoms with E-state index in [-0.39, 0.29) is 5.91 Å². The quantitative estimate of drug-likeness (QED) is 0.874. The van der Waals surface area contributed by atoms with E-state index in [1.165, 1.54) is 10.8 Å². The Kier molecular flexibility index (Phi) is 5.73. The van der Waals surface area contributed by atoms with Gasteiger partial charge in [-0.1, -0.05) is 0 Å². The molecule has 1 N–H and O–H groups in total. The molecule has 6 heteroatoms. The first-order valence-corrected chi connectivity index (χ1v) is 7.55. The Morgan fingerprint density at radius 2 is 2.19 bits per heavy atom. The van der Waals surface area contributed by atoms with Gasteiger partial charge in [0, 0.05) is 19.3 Å². The highest BCUT2D eigenvalue weighted by Gasteiger charge is 2.23. The molecule has 0 radical (unpaired) electrons. The number of rotatable bonds is 6. The zero-order valence-corrected chi connectivity index (χ0v) is 12.4. The third-order valence-electron chi connectivity index (χ3n) is 3.99. The zero-order chi connectivity index (χ0) is 15.2. The SMILES string of the molecule is CCN(CC1CCNCC1)C(=O)c1cccn1CC(F)F. The van der Waals surface area contributed by atoms with Gasteiger partial charge in [-0.25, -0.2) is 8.78 Å². The Balaban J connectivity index is 2.03. The molecule has 1 aromatic rings. The number of aromatic nitrogens is 1. The number of nitrogens with one attached hydrogen (secondary N) is 1. The van der Waals surface area contributed by atoms with Gasteiger partial charge in [0.1, 0.15) is 5.69 Å². The number of amides is 1. The molecule has 1 fully saturated rings. The maximum Gasteiger partial charge on any atom is 0.270 e. The molecule has 0 aromatic carbocycles. The maximum absolute atomic E-state index is 12.6. The molecule has 0 bridgehead atoms. The molecule has 0 spiro atoms. The summed E-state index contributed by atoms with van der Waals surface area (Å²) in [5.74, 6) is 0.343. The molecule has 1 aromatic heterocycles. The molecular formula is C15H23F2N3O. The van der Waals surface area contributed by atoms with Gasteiger partial charge in [-0.3, -0.25) is 4.79 Å². The second-order valence-electron chi connectivity index (χ2n) is 5.47. The van der Waals surface area contributed by atoms with Crippen molar-refractivity contribution in [3.8, 4) is 0 Å². The molecule has 1 amide bonds. The van der Waals surface area contributed by atoms with Crippen molar-refractivity contribution in [2.24, 2.45) is 5.92 Å². The number of carbonyl (C=O) groups excluding carboxylic acids is 1. The normalized spacial score (nSPS) is 16.4. The molecule has 1 aliphatic heterocycles. The van der Waals surface area contributed by atoms with Crippen molar-refractivity contribution in [1.82, 2.24) is 14.8 Å². The maximum atomic E-state index is 12.6. The van der Waals surface area contributed by atoms with E-state index >= 15 is 0 Å². The Bertz CT molecular complexity index is 456. The summed E-state index contributed by atoms with van der Waals surface area (Å²) in [5.41, 5.74) is 0.353. The molecule has 0 saturated carbocycles. The lowest BCUT2D eigenvalue weighted by molar-refractivity contribution is 0.0706. The molecular weight excluding hydrogens is 276 g/mol. The molecule has 0 unspecified atom stereocenters. The van der Waals surface area contributed by atoms with Crippen molar-refractivity contribution in [3.63, 3.8) is 0 Å². The Hall–Kier alpha value is -1.43. The lowest BCUT2D eigenvalue weighted by Crippen LogP contribution is -2.40. The first-order chi connectivity index (χ1) is 10.1. The molecule has 21 heavy (non-hydrogen) atoms. The first-order valence-electron chi connectivity index (χ1n) is 7.55. The van der Waals surface area contributed by atoms with E-state index in [1.54, 1.807) is 17.0 Å². The highest BCUT2D eigenvalue weighted by Crippen LogP contribution is 2.16. The van der Waals surface area contributed by atoms with E-state index in [9.17, 15) is 13.6 Å². The van der Waals surface area contributed by atoms with Gasteiger partial charge in [0.2, 0.25) is 0 Å². The summed E-state index contributed by atoms with van der Waals surface area (Å²) in [5, 5.41) is 3.30. The van der Waals surface area contributed by atoms with Crippen molar-refractivity contribution >= 4 is 5.91 Å². The summed E-state index contributed by atoms with van der Waals surface area (Å²) >= 11 is 0. The van der Waals surface area contributed by atoms with Gasteiger partial charge in [-0.15, -0.1) is 0 Å². The van der Waals surface area contributed by atoms with Gasteiger partial charge in [-0.05, 0) is 50.9 Å². The van der Waals surface area contributed by atoms with Crippen molar-refractivity contribution in [3.05, 3.63) is 24.0 Å². The molecule has 1 aliphatic rings. The minimum absolute atomic E-state index is 0.151. The fourth-order valence-electron chi connectivity index (χ4n) is 2.81. The average molecular weight is 299 g/mol. The summed E-state index contributed by atoms with van der Waals surface area (Å²) in [7, 11) is 0. The van der Waals surface area contributed by atoms with Crippen molar-refractivity contribution in [1.29, 1.82) is 0 Å². The molecule has 0 aliphatic carbocycles. The van der Waals surface area contributed by atoms with Crippen molar-refractivity contribution < 1.29 is 13.6 Å². The van der Waals surface area contributed by atoms with Gasteiger partial charge < -0.3 is 14.8 Å². The second-order valence-corrected chi connectivity index (χ2v) is 5.47. The summed E-state index contributed by atoms with van der Waals surface area (Å²) in [6, 6.07) is 3.27. The van der Waals surface area contributed by atoms with Crippen molar-refractivity contribution in [2.75, 3.05) is 26.2 Å². The van der Waals surface area contributed by atoms with Crippen LogP contribution in [0.2, 0.25) is 0 Å².